The van der Waals surface area contributed by atoms with Gasteiger partial charge in [-0.1, -0.05) is 25.7 Å². The Hall–Kier alpha value is -2.26. The first-order valence-electron chi connectivity index (χ1n) is 10.5. The van der Waals surface area contributed by atoms with Crippen LogP contribution in [0.1, 0.15) is 50.8 Å². The van der Waals surface area contributed by atoms with Crippen molar-refractivity contribution >= 4 is 5.97 Å². The van der Waals surface area contributed by atoms with Gasteiger partial charge < -0.3 is 14.6 Å². The summed E-state index contributed by atoms with van der Waals surface area (Å²) < 4.78 is 23.7. The van der Waals surface area contributed by atoms with Crippen LogP contribution >= 0.6 is 0 Å². The number of benzene rings is 1. The standard InChI is InChI=1S/C22H30FNO2.C2H4O2/c1-15(2)10-18-14-24-9-7-17-12-21(25-3)22(26-4)13-19(17)20(24)11-16(18)6-5-8-23;1-2(3)4/h12-13,15-16,18,20H,7-11,14H2,1-4H3;1H3,(H,3,4). The highest BCUT2D eigenvalue weighted by Gasteiger charge is 2.38. The number of halogens is 1. The van der Waals surface area contributed by atoms with Crippen molar-refractivity contribution in [2.45, 2.75) is 46.1 Å². The van der Waals surface area contributed by atoms with Gasteiger partial charge in [-0.2, -0.15) is 0 Å². The number of methoxy groups -OCH3 is 2. The molecule has 3 atom stereocenters. The van der Waals surface area contributed by atoms with Gasteiger partial charge in [0.1, 0.15) is 6.67 Å². The summed E-state index contributed by atoms with van der Waals surface area (Å²) in [5.41, 5.74) is 2.66. The second-order valence-corrected chi connectivity index (χ2v) is 8.37. The summed E-state index contributed by atoms with van der Waals surface area (Å²) in [4.78, 5) is 11.6. The minimum absolute atomic E-state index is 0.258. The molecule has 0 aromatic heterocycles. The normalized spacial score (nSPS) is 22.6. The number of aliphatic carboxylic acids is 1. The Labute approximate surface area is 179 Å². The number of hydrogen-bond donors (Lipinski definition) is 1. The average Bonchev–Trinajstić information content (AvgIpc) is 2.70. The first-order valence-corrected chi connectivity index (χ1v) is 10.5. The molecule has 166 valence electrons. The minimum atomic E-state index is -0.833. The molecule has 1 aromatic carbocycles. The van der Waals surface area contributed by atoms with Crippen LogP contribution in [0.3, 0.4) is 0 Å². The minimum Gasteiger partial charge on any atom is -0.493 e. The Morgan fingerprint density at radius 3 is 2.50 bits per heavy atom. The van der Waals surface area contributed by atoms with Crippen molar-refractivity contribution < 1.29 is 23.8 Å². The van der Waals surface area contributed by atoms with Gasteiger partial charge in [-0.3, -0.25) is 9.69 Å². The molecule has 0 amide bonds. The number of piperidine rings is 1. The van der Waals surface area contributed by atoms with E-state index in [4.69, 9.17) is 19.4 Å². The van der Waals surface area contributed by atoms with E-state index in [1.807, 2.05) is 0 Å². The highest BCUT2D eigenvalue weighted by molar-refractivity contribution is 5.63. The molecule has 5 nitrogen and oxygen atoms in total. The number of alkyl halides is 1. The van der Waals surface area contributed by atoms with E-state index in [0.29, 0.717) is 17.9 Å². The quantitative estimate of drug-likeness (QED) is 0.736. The van der Waals surface area contributed by atoms with E-state index in [9.17, 15) is 4.39 Å². The summed E-state index contributed by atoms with van der Waals surface area (Å²) in [5.74, 6) is 8.09. The zero-order valence-electron chi connectivity index (χ0n) is 18.7. The fourth-order valence-corrected chi connectivity index (χ4v) is 4.63. The maximum Gasteiger partial charge on any atom is 0.300 e. The molecule has 0 bridgehead atoms. The fourth-order valence-electron chi connectivity index (χ4n) is 4.63. The molecule has 0 spiro atoms. The zero-order chi connectivity index (χ0) is 22.3. The summed E-state index contributed by atoms with van der Waals surface area (Å²) >= 11 is 0. The van der Waals surface area contributed by atoms with Gasteiger partial charge in [0.15, 0.2) is 11.5 Å². The third-order valence-electron chi connectivity index (χ3n) is 5.76. The Balaban J connectivity index is 0.000000735. The predicted octanol–water partition coefficient (Wildman–Crippen LogP) is 4.35. The van der Waals surface area contributed by atoms with E-state index < -0.39 is 12.6 Å². The molecule has 1 N–H and O–H groups in total. The van der Waals surface area contributed by atoms with E-state index in [1.54, 1.807) is 14.2 Å². The van der Waals surface area contributed by atoms with E-state index in [2.05, 4.69) is 42.7 Å². The van der Waals surface area contributed by atoms with Gasteiger partial charge in [0.05, 0.1) is 14.2 Å². The van der Waals surface area contributed by atoms with Gasteiger partial charge in [0.2, 0.25) is 0 Å². The van der Waals surface area contributed by atoms with E-state index in [1.165, 1.54) is 11.1 Å². The van der Waals surface area contributed by atoms with Gasteiger partial charge in [-0.25, -0.2) is 4.39 Å². The smallest absolute Gasteiger partial charge is 0.300 e. The Morgan fingerprint density at radius 2 is 1.93 bits per heavy atom. The van der Waals surface area contributed by atoms with Crippen molar-refractivity contribution in [1.82, 2.24) is 4.90 Å². The van der Waals surface area contributed by atoms with Crippen molar-refractivity contribution in [2.75, 3.05) is 34.0 Å². The van der Waals surface area contributed by atoms with Crippen LogP contribution in [0.25, 0.3) is 0 Å². The number of carboxylic acids is 1. The molecule has 1 fully saturated rings. The molecule has 3 unspecified atom stereocenters. The molecule has 0 saturated carbocycles. The molecule has 0 radical (unpaired) electrons. The lowest BCUT2D eigenvalue weighted by Crippen LogP contribution is -2.46. The van der Waals surface area contributed by atoms with E-state index in [-0.39, 0.29) is 5.92 Å². The lowest BCUT2D eigenvalue weighted by Gasteiger charge is -2.46. The van der Waals surface area contributed by atoms with Crippen LogP contribution in [0, 0.1) is 29.6 Å². The summed E-state index contributed by atoms with van der Waals surface area (Å²) in [6, 6.07) is 4.59. The number of nitrogens with zero attached hydrogens (tertiary/aromatic N) is 1. The molecule has 2 heterocycles. The van der Waals surface area contributed by atoms with Crippen LogP contribution in [-0.2, 0) is 11.2 Å². The molecular weight excluding hydrogens is 385 g/mol. The summed E-state index contributed by atoms with van der Waals surface area (Å²) in [7, 11) is 3.36. The Morgan fingerprint density at radius 1 is 1.30 bits per heavy atom. The number of rotatable bonds is 4. The molecule has 0 aliphatic carbocycles. The van der Waals surface area contributed by atoms with E-state index in [0.717, 1.165) is 50.8 Å². The number of carbonyl (C=O) groups is 1. The Bertz CT molecular complexity index is 779. The van der Waals surface area contributed by atoms with Crippen molar-refractivity contribution in [3.63, 3.8) is 0 Å². The van der Waals surface area contributed by atoms with Gasteiger partial charge in [0, 0.05) is 32.0 Å². The molecule has 1 aromatic rings. The van der Waals surface area contributed by atoms with Gasteiger partial charge in [-0.05, 0) is 54.4 Å². The first kappa shape index (κ1) is 24.0. The summed E-state index contributed by atoms with van der Waals surface area (Å²) in [6.07, 6.45) is 3.14. The zero-order valence-corrected chi connectivity index (χ0v) is 18.7. The second-order valence-electron chi connectivity index (χ2n) is 8.37. The Kier molecular flexibility index (Phi) is 8.98. The molecule has 30 heavy (non-hydrogen) atoms. The van der Waals surface area contributed by atoms with Gasteiger partial charge >= 0.3 is 0 Å². The maximum absolute atomic E-state index is 12.7. The lowest BCUT2D eigenvalue weighted by atomic mass is 9.74. The third kappa shape index (κ3) is 6.12. The van der Waals surface area contributed by atoms with Crippen LogP contribution in [0.2, 0.25) is 0 Å². The van der Waals surface area contributed by atoms with Crippen molar-refractivity contribution in [2.24, 2.45) is 17.8 Å². The van der Waals surface area contributed by atoms with Crippen LogP contribution in [0.4, 0.5) is 4.39 Å². The van der Waals surface area contributed by atoms with Crippen LogP contribution in [0.15, 0.2) is 12.1 Å². The van der Waals surface area contributed by atoms with Gasteiger partial charge in [-0.15, -0.1) is 0 Å². The molecular formula is C24H34FNO4. The summed E-state index contributed by atoms with van der Waals surface area (Å²) in [6.45, 7) is 7.15. The van der Waals surface area contributed by atoms with Crippen molar-refractivity contribution in [1.29, 1.82) is 0 Å². The maximum atomic E-state index is 12.7. The molecule has 6 heteroatoms. The van der Waals surface area contributed by atoms with E-state index >= 15 is 0 Å². The van der Waals surface area contributed by atoms with Crippen LogP contribution < -0.4 is 9.47 Å². The molecule has 2 aliphatic heterocycles. The number of ether oxygens (including phenoxy) is 2. The molecule has 2 aliphatic rings. The highest BCUT2D eigenvalue weighted by Crippen LogP contribution is 2.45. The first-order chi connectivity index (χ1) is 14.3. The number of carboxylic acid groups (broad SMARTS) is 1. The fraction of sp³-hybridized carbons (Fsp3) is 0.625. The SMILES string of the molecule is CC(=O)O.COc1cc2c(cc1OC)C1CC(C#CCF)C(CC(C)C)CN1CC2. The van der Waals surface area contributed by atoms with Crippen LogP contribution in [0.5, 0.6) is 11.5 Å². The number of fused-ring (bicyclic) bond motifs is 3. The molecule has 3 rings (SSSR count). The highest BCUT2D eigenvalue weighted by atomic mass is 19.1. The van der Waals surface area contributed by atoms with Crippen molar-refractivity contribution in [3.05, 3.63) is 23.3 Å². The molecule has 1 saturated heterocycles. The number of hydrogen-bond acceptors (Lipinski definition) is 4. The average molecular weight is 420 g/mol. The van der Waals surface area contributed by atoms with Gasteiger partial charge in [0.25, 0.3) is 5.97 Å². The second kappa shape index (κ2) is 11.2. The summed E-state index contributed by atoms with van der Waals surface area (Å²) in [5, 5.41) is 7.42. The van der Waals surface area contributed by atoms with Crippen molar-refractivity contribution in [3.8, 4) is 23.3 Å². The predicted molar refractivity (Wildman–Crippen MR) is 116 cm³/mol. The monoisotopic (exact) mass is 419 g/mol. The third-order valence-corrected chi connectivity index (χ3v) is 5.76. The lowest BCUT2D eigenvalue weighted by molar-refractivity contribution is -0.134. The largest absolute Gasteiger partial charge is 0.493 e. The topological polar surface area (TPSA) is 59.0 Å². The van der Waals surface area contributed by atoms with Crippen LogP contribution in [-0.4, -0.2) is 50.0 Å².